The number of rotatable bonds is 2. The molecule has 1 heterocycles. The molecule has 0 radical (unpaired) electrons. The summed E-state index contributed by atoms with van der Waals surface area (Å²) in [5, 5.41) is 3.33. The Labute approximate surface area is 90.0 Å². The van der Waals surface area contributed by atoms with Crippen LogP contribution in [0.3, 0.4) is 0 Å². The highest BCUT2D eigenvalue weighted by molar-refractivity contribution is 5.62. The van der Waals surface area contributed by atoms with E-state index in [1.54, 1.807) is 7.11 Å². The maximum Gasteiger partial charge on any atom is 0.143 e. The summed E-state index contributed by atoms with van der Waals surface area (Å²) in [5.74, 6) is 0.756. The second-order valence-electron chi connectivity index (χ2n) is 3.66. The minimum absolute atomic E-state index is 0.691. The molecular weight excluding hydrogens is 190 g/mol. The third kappa shape index (κ3) is 2.15. The van der Waals surface area contributed by atoms with Crippen LogP contribution in [0.4, 0.5) is 11.4 Å². The van der Waals surface area contributed by atoms with E-state index in [2.05, 4.69) is 10.2 Å². The molecule has 1 aromatic rings. The molecule has 1 saturated heterocycles. The summed E-state index contributed by atoms with van der Waals surface area (Å²) >= 11 is 0. The van der Waals surface area contributed by atoms with E-state index in [-0.39, 0.29) is 0 Å². The Morgan fingerprint density at radius 1 is 1.33 bits per heavy atom. The van der Waals surface area contributed by atoms with Crippen LogP contribution in [0.2, 0.25) is 0 Å². The van der Waals surface area contributed by atoms with Crippen molar-refractivity contribution < 1.29 is 4.74 Å². The predicted octanol–water partition coefficient (Wildman–Crippen LogP) is 0.687. The number of methoxy groups -OCH3 is 1. The molecule has 1 aromatic carbocycles. The van der Waals surface area contributed by atoms with Crippen LogP contribution in [0.1, 0.15) is 0 Å². The van der Waals surface area contributed by atoms with E-state index in [9.17, 15) is 0 Å². The van der Waals surface area contributed by atoms with E-state index in [1.165, 1.54) is 5.69 Å². The molecule has 1 aliphatic heterocycles. The van der Waals surface area contributed by atoms with Crippen molar-refractivity contribution in [2.24, 2.45) is 0 Å². The Morgan fingerprint density at radius 2 is 2.07 bits per heavy atom. The summed E-state index contributed by atoms with van der Waals surface area (Å²) < 4.78 is 5.21. The van der Waals surface area contributed by atoms with Gasteiger partial charge < -0.3 is 20.7 Å². The lowest BCUT2D eigenvalue weighted by Gasteiger charge is -2.29. The summed E-state index contributed by atoms with van der Waals surface area (Å²) in [6.07, 6.45) is 0. The quantitative estimate of drug-likeness (QED) is 0.700. The minimum atomic E-state index is 0.691. The zero-order valence-corrected chi connectivity index (χ0v) is 8.99. The molecule has 15 heavy (non-hydrogen) atoms. The predicted molar refractivity (Wildman–Crippen MR) is 62.5 cm³/mol. The maximum absolute atomic E-state index is 5.77. The average molecular weight is 207 g/mol. The van der Waals surface area contributed by atoms with Crippen molar-refractivity contribution >= 4 is 11.4 Å². The highest BCUT2D eigenvalue weighted by Crippen LogP contribution is 2.27. The fraction of sp³-hybridized carbons (Fsp3) is 0.455. The van der Waals surface area contributed by atoms with Crippen molar-refractivity contribution in [3.05, 3.63) is 18.2 Å². The molecule has 0 spiro atoms. The summed E-state index contributed by atoms with van der Waals surface area (Å²) in [7, 11) is 1.65. The molecule has 3 N–H and O–H groups in total. The number of anilines is 2. The van der Waals surface area contributed by atoms with Gasteiger partial charge in [-0.05, 0) is 12.1 Å². The largest absolute Gasteiger partial charge is 0.495 e. The first-order valence-corrected chi connectivity index (χ1v) is 5.20. The molecule has 0 saturated carbocycles. The van der Waals surface area contributed by atoms with Gasteiger partial charge in [0.1, 0.15) is 5.75 Å². The van der Waals surface area contributed by atoms with Crippen LogP contribution in [-0.2, 0) is 0 Å². The molecule has 0 unspecified atom stereocenters. The monoisotopic (exact) mass is 207 g/mol. The SMILES string of the molecule is COc1cc(N2CCNCC2)ccc1N. The molecule has 0 bridgehead atoms. The van der Waals surface area contributed by atoms with Crippen molar-refractivity contribution in [3.8, 4) is 5.75 Å². The molecule has 4 heteroatoms. The second-order valence-corrected chi connectivity index (χ2v) is 3.66. The van der Waals surface area contributed by atoms with Gasteiger partial charge in [0.05, 0.1) is 12.8 Å². The summed E-state index contributed by atoms with van der Waals surface area (Å²) in [5.41, 5.74) is 7.65. The number of nitrogen functional groups attached to an aromatic ring is 1. The van der Waals surface area contributed by atoms with Crippen molar-refractivity contribution in [2.45, 2.75) is 0 Å². The molecule has 0 amide bonds. The molecule has 2 rings (SSSR count). The Morgan fingerprint density at radius 3 is 2.73 bits per heavy atom. The van der Waals surface area contributed by atoms with Gasteiger partial charge in [-0.2, -0.15) is 0 Å². The van der Waals surface area contributed by atoms with Gasteiger partial charge in [0, 0.05) is 37.9 Å². The summed E-state index contributed by atoms with van der Waals surface area (Å²) in [4.78, 5) is 2.33. The summed E-state index contributed by atoms with van der Waals surface area (Å²) in [6.45, 7) is 4.14. The first kappa shape index (κ1) is 10.1. The third-order valence-electron chi connectivity index (χ3n) is 2.70. The summed E-state index contributed by atoms with van der Waals surface area (Å²) in [6, 6.07) is 5.94. The lowest BCUT2D eigenvalue weighted by Crippen LogP contribution is -2.43. The van der Waals surface area contributed by atoms with Crippen molar-refractivity contribution in [3.63, 3.8) is 0 Å². The highest BCUT2D eigenvalue weighted by atomic mass is 16.5. The van der Waals surface area contributed by atoms with Crippen LogP contribution in [0.5, 0.6) is 5.75 Å². The Kier molecular flexibility index (Phi) is 2.97. The average Bonchev–Trinajstić information content (AvgIpc) is 2.31. The van der Waals surface area contributed by atoms with Gasteiger partial charge in [0.15, 0.2) is 0 Å². The highest BCUT2D eigenvalue weighted by Gasteiger charge is 2.11. The number of nitrogens with one attached hydrogen (secondary N) is 1. The number of nitrogens with two attached hydrogens (primary N) is 1. The van der Waals surface area contributed by atoms with Gasteiger partial charge >= 0.3 is 0 Å². The fourth-order valence-corrected chi connectivity index (χ4v) is 1.82. The molecule has 4 nitrogen and oxygen atoms in total. The van der Waals surface area contributed by atoms with E-state index in [0.29, 0.717) is 5.69 Å². The van der Waals surface area contributed by atoms with E-state index in [4.69, 9.17) is 10.5 Å². The first-order valence-electron chi connectivity index (χ1n) is 5.20. The van der Waals surface area contributed by atoms with Crippen molar-refractivity contribution in [1.29, 1.82) is 0 Å². The van der Waals surface area contributed by atoms with Gasteiger partial charge in [-0.3, -0.25) is 0 Å². The van der Waals surface area contributed by atoms with Crippen LogP contribution < -0.4 is 20.7 Å². The van der Waals surface area contributed by atoms with Crippen LogP contribution in [0, 0.1) is 0 Å². The standard InChI is InChI=1S/C11H17N3O/c1-15-11-8-9(2-3-10(11)12)14-6-4-13-5-7-14/h2-3,8,13H,4-7,12H2,1H3. The topological polar surface area (TPSA) is 50.5 Å². The number of hydrogen-bond acceptors (Lipinski definition) is 4. The van der Waals surface area contributed by atoms with E-state index >= 15 is 0 Å². The lowest BCUT2D eigenvalue weighted by molar-refractivity contribution is 0.417. The molecule has 0 aliphatic carbocycles. The van der Waals surface area contributed by atoms with Gasteiger partial charge in [0.2, 0.25) is 0 Å². The maximum atomic E-state index is 5.77. The molecule has 0 atom stereocenters. The van der Waals surface area contributed by atoms with Crippen molar-refractivity contribution in [1.82, 2.24) is 5.32 Å². The molecule has 1 aliphatic rings. The number of hydrogen-bond donors (Lipinski definition) is 2. The van der Waals surface area contributed by atoms with Gasteiger partial charge in [-0.1, -0.05) is 0 Å². The van der Waals surface area contributed by atoms with E-state index in [1.807, 2.05) is 18.2 Å². The number of benzene rings is 1. The van der Waals surface area contributed by atoms with Crippen LogP contribution in [0.15, 0.2) is 18.2 Å². The Hall–Kier alpha value is -1.42. The number of ether oxygens (including phenoxy) is 1. The van der Waals surface area contributed by atoms with Gasteiger partial charge in [0.25, 0.3) is 0 Å². The van der Waals surface area contributed by atoms with Crippen LogP contribution in [0.25, 0.3) is 0 Å². The molecule has 82 valence electrons. The van der Waals surface area contributed by atoms with Gasteiger partial charge in [-0.25, -0.2) is 0 Å². The third-order valence-corrected chi connectivity index (χ3v) is 2.70. The van der Waals surface area contributed by atoms with Crippen LogP contribution >= 0.6 is 0 Å². The Balaban J connectivity index is 2.20. The van der Waals surface area contributed by atoms with E-state index in [0.717, 1.165) is 31.9 Å². The smallest absolute Gasteiger partial charge is 0.143 e. The van der Waals surface area contributed by atoms with Gasteiger partial charge in [-0.15, -0.1) is 0 Å². The lowest BCUT2D eigenvalue weighted by atomic mass is 10.2. The molecular formula is C11H17N3O. The van der Waals surface area contributed by atoms with E-state index < -0.39 is 0 Å². The van der Waals surface area contributed by atoms with Crippen LogP contribution in [-0.4, -0.2) is 33.3 Å². The zero-order chi connectivity index (χ0) is 10.7. The number of piperazine rings is 1. The molecule has 0 aromatic heterocycles. The zero-order valence-electron chi connectivity index (χ0n) is 8.99. The normalized spacial score (nSPS) is 16.5. The van der Waals surface area contributed by atoms with Crippen molar-refractivity contribution in [2.75, 3.05) is 43.9 Å². The number of nitrogens with zero attached hydrogens (tertiary/aromatic N) is 1. The fourth-order valence-electron chi connectivity index (χ4n) is 1.82. The first-order chi connectivity index (χ1) is 7.31. The molecule has 1 fully saturated rings. The second kappa shape index (κ2) is 4.40. The minimum Gasteiger partial charge on any atom is -0.495 e. The Bertz CT molecular complexity index is 335.